The van der Waals surface area contributed by atoms with E-state index in [2.05, 4.69) is 34.6 Å². The Balaban J connectivity index is 1.66. The fourth-order valence-electron chi connectivity index (χ4n) is 2.77. The van der Waals surface area contributed by atoms with E-state index in [9.17, 15) is 0 Å². The van der Waals surface area contributed by atoms with E-state index in [1.807, 2.05) is 26.8 Å². The molecule has 1 atom stereocenters. The van der Waals surface area contributed by atoms with Gasteiger partial charge in [0.25, 0.3) is 0 Å². The van der Waals surface area contributed by atoms with E-state index < -0.39 is 5.79 Å². The number of hydrogen-bond donors (Lipinski definition) is 1. The Labute approximate surface area is 125 Å². The quantitative estimate of drug-likeness (QED) is 0.938. The van der Waals surface area contributed by atoms with Crippen LogP contribution in [-0.4, -0.2) is 30.0 Å². The van der Waals surface area contributed by atoms with E-state index in [-0.39, 0.29) is 6.10 Å². The van der Waals surface area contributed by atoms with E-state index in [1.54, 1.807) is 0 Å². The van der Waals surface area contributed by atoms with Crippen LogP contribution in [0.25, 0.3) is 10.9 Å². The van der Waals surface area contributed by atoms with Crippen LogP contribution in [0, 0.1) is 6.92 Å². The van der Waals surface area contributed by atoms with Crippen molar-refractivity contribution in [3.63, 3.8) is 0 Å². The van der Waals surface area contributed by atoms with Gasteiger partial charge in [-0.3, -0.25) is 4.98 Å². The zero-order chi connectivity index (χ0) is 14.9. The molecular formula is C17H22N2O2. The minimum Gasteiger partial charge on any atom is -0.348 e. The number of para-hydroxylation sites is 1. The van der Waals surface area contributed by atoms with Gasteiger partial charge in [-0.1, -0.05) is 18.2 Å². The number of fused-ring (bicyclic) bond motifs is 1. The van der Waals surface area contributed by atoms with E-state index in [0.717, 1.165) is 24.3 Å². The lowest BCUT2D eigenvalue weighted by Gasteiger charge is -2.17. The van der Waals surface area contributed by atoms with E-state index in [4.69, 9.17) is 9.47 Å². The van der Waals surface area contributed by atoms with Crippen molar-refractivity contribution >= 4 is 10.9 Å². The number of pyridine rings is 1. The molecule has 0 radical (unpaired) electrons. The molecule has 4 heteroatoms. The highest BCUT2D eigenvalue weighted by atomic mass is 16.7. The Morgan fingerprint density at radius 2 is 2.14 bits per heavy atom. The molecular weight excluding hydrogens is 264 g/mol. The number of rotatable bonds is 4. The van der Waals surface area contributed by atoms with Crippen LogP contribution >= 0.6 is 0 Å². The van der Waals surface area contributed by atoms with Gasteiger partial charge in [-0.25, -0.2) is 0 Å². The average Bonchev–Trinajstić information content (AvgIpc) is 2.78. The molecule has 0 spiro atoms. The van der Waals surface area contributed by atoms with Gasteiger partial charge in [-0.15, -0.1) is 0 Å². The molecule has 2 aromatic rings. The first-order valence-corrected chi connectivity index (χ1v) is 7.41. The van der Waals surface area contributed by atoms with Crippen LogP contribution in [0.1, 0.15) is 25.1 Å². The molecule has 112 valence electrons. The smallest absolute Gasteiger partial charge is 0.163 e. The largest absolute Gasteiger partial charge is 0.348 e. The van der Waals surface area contributed by atoms with Crippen LogP contribution in [0.4, 0.5) is 0 Å². The number of aromatic nitrogens is 1. The van der Waals surface area contributed by atoms with Gasteiger partial charge < -0.3 is 14.8 Å². The summed E-state index contributed by atoms with van der Waals surface area (Å²) in [5.41, 5.74) is 3.37. The fraction of sp³-hybridized carbons (Fsp3) is 0.471. The molecule has 1 unspecified atom stereocenters. The molecule has 0 saturated carbocycles. The second-order valence-corrected chi connectivity index (χ2v) is 6.02. The maximum atomic E-state index is 5.80. The highest BCUT2D eigenvalue weighted by molar-refractivity contribution is 5.82. The Morgan fingerprint density at radius 1 is 1.33 bits per heavy atom. The number of benzene rings is 1. The van der Waals surface area contributed by atoms with Crippen LogP contribution in [0.15, 0.2) is 30.3 Å². The summed E-state index contributed by atoms with van der Waals surface area (Å²) < 4.78 is 11.4. The van der Waals surface area contributed by atoms with Crippen molar-refractivity contribution in [3.8, 4) is 0 Å². The summed E-state index contributed by atoms with van der Waals surface area (Å²) in [5.74, 6) is -0.452. The summed E-state index contributed by atoms with van der Waals surface area (Å²) in [5, 5.41) is 4.68. The molecule has 1 aromatic heterocycles. The average molecular weight is 286 g/mol. The highest BCUT2D eigenvalue weighted by Crippen LogP contribution is 2.22. The SMILES string of the molecule is Cc1cc(CNCC2COC(C)(C)O2)c2ccccc2n1. The zero-order valence-electron chi connectivity index (χ0n) is 12.8. The van der Waals surface area contributed by atoms with E-state index in [1.165, 1.54) is 10.9 Å². The van der Waals surface area contributed by atoms with Crippen molar-refractivity contribution in [1.29, 1.82) is 0 Å². The van der Waals surface area contributed by atoms with Gasteiger partial charge in [0.05, 0.1) is 18.2 Å². The maximum absolute atomic E-state index is 5.80. The van der Waals surface area contributed by atoms with Crippen molar-refractivity contribution in [2.75, 3.05) is 13.2 Å². The topological polar surface area (TPSA) is 43.4 Å². The van der Waals surface area contributed by atoms with Crippen molar-refractivity contribution in [2.24, 2.45) is 0 Å². The summed E-state index contributed by atoms with van der Waals surface area (Å²) in [6, 6.07) is 10.4. The number of nitrogens with zero attached hydrogens (tertiary/aromatic N) is 1. The first-order chi connectivity index (χ1) is 10.0. The Kier molecular flexibility index (Phi) is 3.93. The molecule has 1 aliphatic rings. The predicted octanol–water partition coefficient (Wildman–Crippen LogP) is 2.78. The Morgan fingerprint density at radius 3 is 2.90 bits per heavy atom. The number of nitrogens with one attached hydrogen (secondary N) is 1. The maximum Gasteiger partial charge on any atom is 0.163 e. The van der Waals surface area contributed by atoms with Crippen molar-refractivity contribution in [1.82, 2.24) is 10.3 Å². The lowest BCUT2D eigenvalue weighted by molar-refractivity contribution is -0.137. The molecule has 4 nitrogen and oxygen atoms in total. The first kappa shape index (κ1) is 14.4. The number of hydrogen-bond acceptors (Lipinski definition) is 4. The fourth-order valence-corrected chi connectivity index (χ4v) is 2.77. The van der Waals surface area contributed by atoms with Gasteiger partial charge in [0.15, 0.2) is 5.79 Å². The molecule has 3 rings (SSSR count). The molecule has 0 bridgehead atoms. The second kappa shape index (κ2) is 5.72. The minimum atomic E-state index is -0.452. The molecule has 0 aliphatic carbocycles. The third-order valence-electron chi connectivity index (χ3n) is 3.68. The molecule has 1 aliphatic heterocycles. The highest BCUT2D eigenvalue weighted by Gasteiger charge is 2.32. The third kappa shape index (κ3) is 3.40. The monoisotopic (exact) mass is 286 g/mol. The number of aryl methyl sites for hydroxylation is 1. The standard InChI is InChI=1S/C17H22N2O2/c1-12-8-13(15-6-4-5-7-16(15)19-12)9-18-10-14-11-20-17(2,3)21-14/h4-8,14,18H,9-11H2,1-3H3. The zero-order valence-corrected chi connectivity index (χ0v) is 12.8. The Hall–Kier alpha value is -1.49. The first-order valence-electron chi connectivity index (χ1n) is 7.41. The lowest BCUT2D eigenvalue weighted by Crippen LogP contribution is -2.30. The van der Waals surface area contributed by atoms with Gasteiger partial charge >= 0.3 is 0 Å². The molecule has 1 fully saturated rings. The summed E-state index contributed by atoms with van der Waals surface area (Å²) >= 11 is 0. The normalized spacial score (nSPS) is 21.0. The molecule has 2 heterocycles. The summed E-state index contributed by atoms with van der Waals surface area (Å²) in [6.07, 6.45) is 0.120. The number of ether oxygens (including phenoxy) is 2. The van der Waals surface area contributed by atoms with Crippen molar-refractivity contribution in [3.05, 3.63) is 41.6 Å². The molecule has 1 saturated heterocycles. The third-order valence-corrected chi connectivity index (χ3v) is 3.68. The van der Waals surface area contributed by atoms with Crippen LogP contribution in [0.3, 0.4) is 0 Å². The molecule has 0 amide bonds. The van der Waals surface area contributed by atoms with Gasteiger partial charge in [-0.05, 0) is 38.5 Å². The molecule has 21 heavy (non-hydrogen) atoms. The summed E-state index contributed by atoms with van der Waals surface area (Å²) in [4.78, 5) is 4.57. The lowest BCUT2D eigenvalue weighted by atomic mass is 10.1. The predicted molar refractivity (Wildman–Crippen MR) is 83.1 cm³/mol. The van der Waals surface area contributed by atoms with Gasteiger partial charge in [0, 0.05) is 24.2 Å². The molecule has 1 aromatic carbocycles. The molecule has 1 N–H and O–H groups in total. The van der Waals surface area contributed by atoms with Crippen molar-refractivity contribution in [2.45, 2.75) is 39.2 Å². The van der Waals surface area contributed by atoms with Crippen LogP contribution in [0.2, 0.25) is 0 Å². The van der Waals surface area contributed by atoms with Crippen molar-refractivity contribution < 1.29 is 9.47 Å². The van der Waals surface area contributed by atoms with Crippen LogP contribution < -0.4 is 5.32 Å². The minimum absolute atomic E-state index is 0.120. The van der Waals surface area contributed by atoms with E-state index >= 15 is 0 Å². The van der Waals surface area contributed by atoms with Crippen LogP contribution in [0.5, 0.6) is 0 Å². The second-order valence-electron chi connectivity index (χ2n) is 6.02. The van der Waals surface area contributed by atoms with Crippen LogP contribution in [-0.2, 0) is 16.0 Å². The Bertz CT molecular complexity index is 640. The summed E-state index contributed by atoms with van der Waals surface area (Å²) in [6.45, 7) is 8.19. The van der Waals surface area contributed by atoms with Gasteiger partial charge in [-0.2, -0.15) is 0 Å². The van der Waals surface area contributed by atoms with E-state index in [0.29, 0.717) is 6.61 Å². The summed E-state index contributed by atoms with van der Waals surface area (Å²) in [7, 11) is 0. The van der Waals surface area contributed by atoms with Gasteiger partial charge in [0.2, 0.25) is 0 Å². The van der Waals surface area contributed by atoms with Gasteiger partial charge in [0.1, 0.15) is 0 Å².